The van der Waals surface area contributed by atoms with E-state index in [0.717, 1.165) is 5.56 Å². The van der Waals surface area contributed by atoms with Crippen molar-refractivity contribution in [1.29, 1.82) is 0 Å². The molecule has 0 aliphatic rings. The van der Waals surface area contributed by atoms with E-state index >= 15 is 0 Å². The van der Waals surface area contributed by atoms with Crippen molar-refractivity contribution in [3.8, 4) is 0 Å². The van der Waals surface area contributed by atoms with Gasteiger partial charge in [0.25, 0.3) is 11.8 Å². The minimum Gasteiger partial charge on any atom is -0.347 e. The van der Waals surface area contributed by atoms with Crippen LogP contribution in [0.15, 0.2) is 67.1 Å². The standard InChI is InChI=1S/C19H15FN4O2/c20-15-3-5-16(6-4-15)24-18(25)14-7-9-22-17(10-14)19(26)23-12-13-2-1-8-21-11-13/h1-11H,12H2,(H,23,26)(H,24,25). The van der Waals surface area contributed by atoms with E-state index in [1.807, 2.05) is 6.07 Å². The largest absolute Gasteiger partial charge is 0.347 e. The number of anilines is 1. The number of aromatic nitrogens is 2. The molecule has 1 aromatic carbocycles. The van der Waals surface area contributed by atoms with Crippen LogP contribution in [0.2, 0.25) is 0 Å². The molecule has 3 aromatic rings. The fourth-order valence-corrected chi connectivity index (χ4v) is 2.21. The highest BCUT2D eigenvalue weighted by atomic mass is 19.1. The predicted octanol–water partition coefficient (Wildman–Crippen LogP) is 2.80. The van der Waals surface area contributed by atoms with Gasteiger partial charge in [0.1, 0.15) is 11.5 Å². The lowest BCUT2D eigenvalue weighted by Gasteiger charge is -2.07. The average Bonchev–Trinajstić information content (AvgIpc) is 2.69. The monoisotopic (exact) mass is 350 g/mol. The molecular formula is C19H15FN4O2. The summed E-state index contributed by atoms with van der Waals surface area (Å²) in [7, 11) is 0. The first-order valence-electron chi connectivity index (χ1n) is 7.82. The summed E-state index contributed by atoms with van der Waals surface area (Å²) < 4.78 is 12.9. The number of hydrogen-bond acceptors (Lipinski definition) is 4. The molecule has 0 saturated carbocycles. The molecule has 3 rings (SSSR count). The number of nitrogens with zero attached hydrogens (tertiary/aromatic N) is 2. The molecule has 7 heteroatoms. The minimum absolute atomic E-state index is 0.126. The van der Waals surface area contributed by atoms with Gasteiger partial charge in [0.15, 0.2) is 0 Å². The van der Waals surface area contributed by atoms with Crippen molar-refractivity contribution in [2.24, 2.45) is 0 Å². The molecule has 0 bridgehead atoms. The number of rotatable bonds is 5. The zero-order chi connectivity index (χ0) is 18.4. The number of carbonyl (C=O) groups excluding carboxylic acids is 2. The average molecular weight is 350 g/mol. The number of halogens is 1. The van der Waals surface area contributed by atoms with Crippen molar-refractivity contribution >= 4 is 17.5 Å². The van der Waals surface area contributed by atoms with E-state index in [9.17, 15) is 14.0 Å². The first-order chi connectivity index (χ1) is 12.6. The number of carbonyl (C=O) groups is 2. The Hall–Kier alpha value is -3.61. The highest BCUT2D eigenvalue weighted by Gasteiger charge is 2.12. The fraction of sp³-hybridized carbons (Fsp3) is 0.0526. The van der Waals surface area contributed by atoms with Gasteiger partial charge in [-0.05, 0) is 48.0 Å². The van der Waals surface area contributed by atoms with Crippen LogP contribution in [0.4, 0.5) is 10.1 Å². The highest BCUT2D eigenvalue weighted by molar-refractivity contribution is 6.05. The van der Waals surface area contributed by atoms with Crippen molar-refractivity contribution in [3.05, 3.63) is 89.8 Å². The second-order valence-electron chi connectivity index (χ2n) is 5.43. The molecule has 26 heavy (non-hydrogen) atoms. The van der Waals surface area contributed by atoms with Crippen LogP contribution >= 0.6 is 0 Å². The molecule has 130 valence electrons. The van der Waals surface area contributed by atoms with Gasteiger partial charge in [-0.3, -0.25) is 19.6 Å². The maximum atomic E-state index is 12.9. The SMILES string of the molecule is O=C(Nc1ccc(F)cc1)c1ccnc(C(=O)NCc2cccnc2)c1. The summed E-state index contributed by atoms with van der Waals surface area (Å²) in [6.07, 6.45) is 4.69. The Morgan fingerprint density at radius 1 is 1.00 bits per heavy atom. The molecular weight excluding hydrogens is 335 g/mol. The van der Waals surface area contributed by atoms with Crippen molar-refractivity contribution in [2.75, 3.05) is 5.32 Å². The van der Waals surface area contributed by atoms with Gasteiger partial charge in [-0.1, -0.05) is 6.07 Å². The summed E-state index contributed by atoms with van der Waals surface area (Å²) >= 11 is 0. The summed E-state index contributed by atoms with van der Waals surface area (Å²) in [5.41, 5.74) is 1.71. The summed E-state index contributed by atoms with van der Waals surface area (Å²) in [6.45, 7) is 0.306. The van der Waals surface area contributed by atoms with Crippen LogP contribution in [0.25, 0.3) is 0 Å². The molecule has 0 unspecified atom stereocenters. The smallest absolute Gasteiger partial charge is 0.270 e. The van der Waals surface area contributed by atoms with Crippen molar-refractivity contribution in [1.82, 2.24) is 15.3 Å². The van der Waals surface area contributed by atoms with Gasteiger partial charge in [0.2, 0.25) is 0 Å². The third-order valence-electron chi connectivity index (χ3n) is 3.53. The molecule has 2 N–H and O–H groups in total. The summed E-state index contributed by atoms with van der Waals surface area (Å²) in [5, 5.41) is 5.36. The first-order valence-corrected chi connectivity index (χ1v) is 7.82. The molecule has 0 aliphatic heterocycles. The highest BCUT2D eigenvalue weighted by Crippen LogP contribution is 2.11. The topological polar surface area (TPSA) is 84.0 Å². The molecule has 0 spiro atoms. The number of pyridine rings is 2. The Labute approximate surface area is 149 Å². The molecule has 0 fully saturated rings. The molecule has 2 aromatic heterocycles. The van der Waals surface area contributed by atoms with Crippen molar-refractivity contribution < 1.29 is 14.0 Å². The number of amides is 2. The zero-order valence-electron chi connectivity index (χ0n) is 13.6. The van der Waals surface area contributed by atoms with Crippen LogP contribution in [-0.4, -0.2) is 21.8 Å². The quantitative estimate of drug-likeness (QED) is 0.741. The van der Waals surface area contributed by atoms with Gasteiger partial charge in [0, 0.05) is 36.4 Å². The Balaban J connectivity index is 1.66. The molecule has 2 amide bonds. The van der Waals surface area contributed by atoms with E-state index in [4.69, 9.17) is 0 Å². The minimum atomic E-state index is -0.416. The van der Waals surface area contributed by atoms with E-state index < -0.39 is 11.8 Å². The van der Waals surface area contributed by atoms with Crippen LogP contribution in [0.5, 0.6) is 0 Å². The van der Waals surface area contributed by atoms with Gasteiger partial charge >= 0.3 is 0 Å². The summed E-state index contributed by atoms with van der Waals surface area (Å²) in [4.78, 5) is 32.5. The Morgan fingerprint density at radius 3 is 2.54 bits per heavy atom. The van der Waals surface area contributed by atoms with Gasteiger partial charge in [-0.15, -0.1) is 0 Å². The lowest BCUT2D eigenvalue weighted by atomic mass is 10.2. The van der Waals surface area contributed by atoms with Crippen LogP contribution in [-0.2, 0) is 6.54 Å². The van der Waals surface area contributed by atoms with Gasteiger partial charge in [0.05, 0.1) is 0 Å². The van der Waals surface area contributed by atoms with Gasteiger partial charge in [-0.25, -0.2) is 4.39 Å². The normalized spacial score (nSPS) is 10.2. The number of benzene rings is 1. The first kappa shape index (κ1) is 17.2. The number of hydrogen-bond donors (Lipinski definition) is 2. The molecule has 0 atom stereocenters. The summed E-state index contributed by atoms with van der Waals surface area (Å²) in [6, 6.07) is 11.9. The second-order valence-corrected chi connectivity index (χ2v) is 5.43. The maximum absolute atomic E-state index is 12.9. The Kier molecular flexibility index (Phi) is 5.28. The van der Waals surface area contributed by atoms with Crippen LogP contribution in [0, 0.1) is 5.82 Å². The molecule has 0 saturated heterocycles. The zero-order valence-corrected chi connectivity index (χ0v) is 13.6. The van der Waals surface area contributed by atoms with Crippen LogP contribution in [0.1, 0.15) is 26.4 Å². The fourth-order valence-electron chi connectivity index (χ4n) is 2.21. The van der Waals surface area contributed by atoms with E-state index in [2.05, 4.69) is 20.6 Å². The third-order valence-corrected chi connectivity index (χ3v) is 3.53. The van der Waals surface area contributed by atoms with Crippen LogP contribution < -0.4 is 10.6 Å². The van der Waals surface area contributed by atoms with Gasteiger partial charge in [-0.2, -0.15) is 0 Å². The third kappa shape index (κ3) is 4.47. The second kappa shape index (κ2) is 7.98. The lowest BCUT2D eigenvalue weighted by Crippen LogP contribution is -2.24. The van der Waals surface area contributed by atoms with Crippen LogP contribution in [0.3, 0.4) is 0 Å². The number of nitrogens with one attached hydrogen (secondary N) is 2. The lowest BCUT2D eigenvalue weighted by molar-refractivity contribution is 0.0946. The Morgan fingerprint density at radius 2 is 1.81 bits per heavy atom. The molecule has 0 aliphatic carbocycles. The maximum Gasteiger partial charge on any atom is 0.270 e. The van der Waals surface area contributed by atoms with Gasteiger partial charge < -0.3 is 10.6 Å². The Bertz CT molecular complexity index is 914. The molecule has 2 heterocycles. The van der Waals surface area contributed by atoms with E-state index in [-0.39, 0.29) is 17.1 Å². The van der Waals surface area contributed by atoms with E-state index in [0.29, 0.717) is 12.2 Å². The summed E-state index contributed by atoms with van der Waals surface area (Å²) in [5.74, 6) is -1.20. The predicted molar refractivity (Wildman–Crippen MR) is 94.0 cm³/mol. The molecule has 0 radical (unpaired) electrons. The van der Waals surface area contributed by atoms with Crippen molar-refractivity contribution in [3.63, 3.8) is 0 Å². The van der Waals surface area contributed by atoms with Crippen molar-refractivity contribution in [2.45, 2.75) is 6.54 Å². The van der Waals surface area contributed by atoms with E-state index in [1.54, 1.807) is 18.5 Å². The molecule has 6 nitrogen and oxygen atoms in total. The van der Waals surface area contributed by atoms with E-state index in [1.165, 1.54) is 42.6 Å².